The van der Waals surface area contributed by atoms with Crippen LogP contribution in [-0.2, 0) is 9.84 Å². The fourth-order valence-corrected chi connectivity index (χ4v) is 3.75. The molecule has 1 atom stereocenters. The van der Waals surface area contributed by atoms with E-state index < -0.39 is 15.7 Å². The van der Waals surface area contributed by atoms with Gasteiger partial charge in [0, 0.05) is 6.04 Å². The van der Waals surface area contributed by atoms with Crippen LogP contribution in [-0.4, -0.2) is 26.8 Å². The molecule has 1 saturated heterocycles. The first kappa shape index (κ1) is 13.5. The molecule has 1 aliphatic rings. The molecule has 1 heterocycles. The minimum atomic E-state index is -3.49. The molecule has 1 aliphatic heterocycles. The van der Waals surface area contributed by atoms with Crippen LogP contribution in [0.2, 0.25) is 0 Å². The van der Waals surface area contributed by atoms with E-state index in [0.717, 1.165) is 25.8 Å². The summed E-state index contributed by atoms with van der Waals surface area (Å²) in [7, 11) is -3.49. The highest BCUT2D eigenvalue weighted by Crippen LogP contribution is 2.18. The zero-order valence-electron chi connectivity index (χ0n) is 10.2. The topological polar surface area (TPSA) is 46.2 Å². The highest BCUT2D eigenvalue weighted by molar-refractivity contribution is 7.91. The standard InChI is InChI=1S/C13H18FNO2S/c14-12-7-1-2-8-13(12)18(16,17)10-4-6-11-5-3-9-15-11/h1-2,7-8,11,15H,3-6,9-10H2. The molecule has 1 unspecified atom stereocenters. The highest BCUT2D eigenvalue weighted by atomic mass is 32.2. The van der Waals surface area contributed by atoms with Gasteiger partial charge < -0.3 is 5.32 Å². The Morgan fingerprint density at radius 3 is 2.78 bits per heavy atom. The van der Waals surface area contributed by atoms with Crippen molar-refractivity contribution in [2.24, 2.45) is 0 Å². The summed E-state index contributed by atoms with van der Waals surface area (Å²) in [4.78, 5) is -0.176. The van der Waals surface area contributed by atoms with E-state index in [1.54, 1.807) is 6.07 Å². The van der Waals surface area contributed by atoms with E-state index in [1.807, 2.05) is 0 Å². The Labute approximate surface area is 107 Å². The lowest BCUT2D eigenvalue weighted by atomic mass is 10.1. The first-order valence-electron chi connectivity index (χ1n) is 6.30. The molecule has 0 aliphatic carbocycles. The minimum Gasteiger partial charge on any atom is -0.314 e. The van der Waals surface area contributed by atoms with E-state index in [4.69, 9.17) is 0 Å². The van der Waals surface area contributed by atoms with Gasteiger partial charge in [-0.15, -0.1) is 0 Å². The molecule has 0 radical (unpaired) electrons. The van der Waals surface area contributed by atoms with E-state index in [2.05, 4.69) is 5.32 Å². The number of hydrogen-bond donors (Lipinski definition) is 1. The summed E-state index contributed by atoms with van der Waals surface area (Å²) in [5.41, 5.74) is 0. The van der Waals surface area contributed by atoms with Crippen molar-refractivity contribution in [1.29, 1.82) is 0 Å². The van der Waals surface area contributed by atoms with Crippen LogP contribution in [0.25, 0.3) is 0 Å². The third-order valence-electron chi connectivity index (χ3n) is 3.30. The van der Waals surface area contributed by atoms with Gasteiger partial charge in [-0.25, -0.2) is 12.8 Å². The average Bonchev–Trinajstić information content (AvgIpc) is 2.82. The molecule has 0 spiro atoms. The summed E-state index contributed by atoms with van der Waals surface area (Å²) in [5.74, 6) is -0.636. The van der Waals surface area contributed by atoms with Crippen LogP contribution in [0.5, 0.6) is 0 Å². The average molecular weight is 271 g/mol. The van der Waals surface area contributed by atoms with E-state index in [9.17, 15) is 12.8 Å². The molecule has 2 rings (SSSR count). The van der Waals surface area contributed by atoms with Gasteiger partial charge in [0.2, 0.25) is 0 Å². The van der Waals surface area contributed by atoms with Crippen molar-refractivity contribution < 1.29 is 12.8 Å². The van der Waals surface area contributed by atoms with E-state index in [0.29, 0.717) is 12.5 Å². The highest BCUT2D eigenvalue weighted by Gasteiger charge is 2.20. The summed E-state index contributed by atoms with van der Waals surface area (Å²) in [6.45, 7) is 1.02. The molecule has 100 valence electrons. The number of halogens is 1. The maximum Gasteiger partial charge on any atom is 0.181 e. The lowest BCUT2D eigenvalue weighted by molar-refractivity contribution is 0.539. The molecule has 18 heavy (non-hydrogen) atoms. The largest absolute Gasteiger partial charge is 0.314 e. The Balaban J connectivity index is 1.93. The van der Waals surface area contributed by atoms with Crippen LogP contribution in [0, 0.1) is 5.82 Å². The lowest BCUT2D eigenvalue weighted by Crippen LogP contribution is -2.22. The lowest BCUT2D eigenvalue weighted by Gasteiger charge is -2.10. The van der Waals surface area contributed by atoms with Crippen LogP contribution >= 0.6 is 0 Å². The van der Waals surface area contributed by atoms with Gasteiger partial charge in [0.05, 0.1) is 5.75 Å². The van der Waals surface area contributed by atoms with E-state index >= 15 is 0 Å². The molecule has 1 N–H and O–H groups in total. The Hall–Kier alpha value is -0.940. The summed E-state index contributed by atoms with van der Waals surface area (Å²) in [5, 5.41) is 3.33. The van der Waals surface area contributed by atoms with Gasteiger partial charge >= 0.3 is 0 Å². The van der Waals surface area contributed by atoms with E-state index in [-0.39, 0.29) is 10.6 Å². The fourth-order valence-electron chi connectivity index (χ4n) is 2.33. The van der Waals surface area contributed by atoms with Crippen molar-refractivity contribution in [2.75, 3.05) is 12.3 Å². The van der Waals surface area contributed by atoms with Gasteiger partial charge in [0.15, 0.2) is 9.84 Å². The van der Waals surface area contributed by atoms with Gasteiger partial charge in [0.25, 0.3) is 0 Å². The van der Waals surface area contributed by atoms with Crippen molar-refractivity contribution in [3.63, 3.8) is 0 Å². The molecule has 1 fully saturated rings. The summed E-state index contributed by atoms with van der Waals surface area (Å²) in [6, 6.07) is 6.00. The summed E-state index contributed by atoms with van der Waals surface area (Å²) >= 11 is 0. The number of rotatable bonds is 5. The predicted octanol–water partition coefficient (Wildman–Crippen LogP) is 2.13. The molecule has 0 bridgehead atoms. The van der Waals surface area contributed by atoms with Crippen LogP contribution in [0.15, 0.2) is 29.2 Å². The fraction of sp³-hybridized carbons (Fsp3) is 0.538. The van der Waals surface area contributed by atoms with Crippen molar-refractivity contribution in [1.82, 2.24) is 5.32 Å². The van der Waals surface area contributed by atoms with Crippen molar-refractivity contribution in [3.05, 3.63) is 30.1 Å². The second-order valence-corrected chi connectivity index (χ2v) is 6.76. The molecular weight excluding hydrogens is 253 g/mol. The quantitative estimate of drug-likeness (QED) is 0.892. The maximum absolute atomic E-state index is 13.4. The maximum atomic E-state index is 13.4. The Bertz CT molecular complexity index is 495. The third-order valence-corrected chi connectivity index (χ3v) is 5.13. The second kappa shape index (κ2) is 5.80. The van der Waals surface area contributed by atoms with Crippen LogP contribution in [0.1, 0.15) is 25.7 Å². The molecule has 0 aromatic heterocycles. The zero-order chi connectivity index (χ0) is 13.0. The smallest absolute Gasteiger partial charge is 0.181 e. The first-order valence-corrected chi connectivity index (χ1v) is 7.95. The molecule has 1 aromatic carbocycles. The van der Waals surface area contributed by atoms with Crippen LogP contribution in [0.4, 0.5) is 4.39 Å². The van der Waals surface area contributed by atoms with Crippen molar-refractivity contribution in [2.45, 2.75) is 36.6 Å². The summed E-state index contributed by atoms with van der Waals surface area (Å²) in [6.07, 6.45) is 3.69. The van der Waals surface area contributed by atoms with Gasteiger partial charge in [0.1, 0.15) is 10.7 Å². The molecule has 3 nitrogen and oxygen atoms in total. The van der Waals surface area contributed by atoms with Gasteiger partial charge in [-0.1, -0.05) is 12.1 Å². The normalized spacial score (nSPS) is 20.2. The zero-order valence-corrected chi connectivity index (χ0v) is 11.0. The summed E-state index contributed by atoms with van der Waals surface area (Å²) < 4.78 is 37.4. The van der Waals surface area contributed by atoms with Crippen molar-refractivity contribution in [3.8, 4) is 0 Å². The predicted molar refractivity (Wildman–Crippen MR) is 68.7 cm³/mol. The Kier molecular flexibility index (Phi) is 4.35. The number of nitrogens with one attached hydrogen (secondary N) is 1. The Morgan fingerprint density at radius 1 is 1.33 bits per heavy atom. The van der Waals surface area contributed by atoms with Crippen LogP contribution in [0.3, 0.4) is 0 Å². The SMILES string of the molecule is O=S(=O)(CCCC1CCCN1)c1ccccc1F. The molecule has 1 aromatic rings. The van der Waals surface area contributed by atoms with Crippen molar-refractivity contribution >= 4 is 9.84 Å². The third kappa shape index (κ3) is 3.29. The Morgan fingerprint density at radius 2 is 2.11 bits per heavy atom. The van der Waals surface area contributed by atoms with Crippen LogP contribution < -0.4 is 5.32 Å². The molecule has 0 saturated carbocycles. The molecular formula is C13H18FNO2S. The number of hydrogen-bond acceptors (Lipinski definition) is 3. The second-order valence-electron chi connectivity index (χ2n) is 4.68. The van der Waals surface area contributed by atoms with Gasteiger partial charge in [-0.2, -0.15) is 0 Å². The number of benzene rings is 1. The monoisotopic (exact) mass is 271 g/mol. The van der Waals surface area contributed by atoms with Gasteiger partial charge in [-0.05, 0) is 44.4 Å². The first-order chi connectivity index (χ1) is 8.59. The number of sulfone groups is 1. The minimum absolute atomic E-state index is 0.0200. The van der Waals surface area contributed by atoms with E-state index in [1.165, 1.54) is 18.2 Å². The van der Waals surface area contributed by atoms with Gasteiger partial charge in [-0.3, -0.25) is 0 Å². The molecule has 0 amide bonds. The molecule has 5 heteroatoms.